The van der Waals surface area contributed by atoms with Gasteiger partial charge in [-0.15, -0.1) is 0 Å². The molecule has 0 saturated carbocycles. The predicted octanol–water partition coefficient (Wildman–Crippen LogP) is 6.53. The second-order valence-corrected chi connectivity index (χ2v) is 14.4. The molecule has 0 radical (unpaired) electrons. The molecule has 290 valence electrons. The van der Waals surface area contributed by atoms with E-state index >= 15 is 0 Å². The van der Waals surface area contributed by atoms with Crippen molar-refractivity contribution >= 4 is 17.8 Å². The topological polar surface area (TPSA) is 174 Å². The number of quaternary nitrogens is 1. The minimum Gasteiger partial charge on any atom is -0.477 e. The largest absolute Gasteiger partial charge is 0.477 e. The lowest BCUT2D eigenvalue weighted by atomic mass is 9.98. The van der Waals surface area contributed by atoms with Gasteiger partial charge in [0.2, 0.25) is 11.9 Å². The molecular formula is C39H81N6O4+. The molecule has 0 aromatic heterocycles. The number of nitrogens with one attached hydrogen (secondary N) is 2. The number of carboxylic acids is 1. The van der Waals surface area contributed by atoms with Gasteiger partial charge in [-0.3, -0.25) is 4.79 Å². The number of rotatable bonds is 38. The molecular weight excluding hydrogens is 616 g/mol. The van der Waals surface area contributed by atoms with E-state index in [1.165, 1.54) is 77.0 Å². The van der Waals surface area contributed by atoms with Crippen LogP contribution in [0.3, 0.4) is 0 Å². The van der Waals surface area contributed by atoms with Gasteiger partial charge < -0.3 is 32.9 Å². The molecule has 0 spiro atoms. The predicted molar refractivity (Wildman–Crippen MR) is 205 cm³/mol. The van der Waals surface area contributed by atoms with Crippen molar-refractivity contribution in [3.63, 3.8) is 0 Å². The number of nitrogens with zero attached hydrogens (tertiary/aromatic N) is 1. The van der Waals surface area contributed by atoms with E-state index in [-0.39, 0.29) is 16.8 Å². The first kappa shape index (κ1) is 47.4. The van der Waals surface area contributed by atoms with Crippen LogP contribution in [0.4, 0.5) is 0 Å². The Labute approximate surface area is 301 Å². The number of aliphatic carboxylic acids is 1. The zero-order valence-electron chi connectivity index (χ0n) is 32.1. The molecule has 0 aliphatic carbocycles. The molecule has 0 unspecified atom stereocenters. The third-order valence-electron chi connectivity index (χ3n) is 10.0. The third kappa shape index (κ3) is 24.3. The van der Waals surface area contributed by atoms with Crippen LogP contribution < -0.4 is 27.8 Å². The van der Waals surface area contributed by atoms with Gasteiger partial charge in [-0.2, -0.15) is 0 Å². The summed E-state index contributed by atoms with van der Waals surface area (Å²) >= 11 is 0. The Morgan fingerprint density at radius 3 is 1.41 bits per heavy atom. The molecule has 0 bridgehead atoms. The maximum absolute atomic E-state index is 14.9. The zero-order valence-corrected chi connectivity index (χ0v) is 32.1. The van der Waals surface area contributed by atoms with Gasteiger partial charge in [-0.25, -0.2) is 14.1 Å². The van der Waals surface area contributed by atoms with E-state index in [1.807, 2.05) is 0 Å². The first-order valence-electron chi connectivity index (χ1n) is 20.6. The fourth-order valence-corrected chi connectivity index (χ4v) is 7.01. The number of hydrogen-bond donors (Lipinski definition) is 6. The van der Waals surface area contributed by atoms with Crippen molar-refractivity contribution in [1.82, 2.24) is 10.6 Å². The van der Waals surface area contributed by atoms with Gasteiger partial charge in [0.15, 0.2) is 0 Å². The van der Waals surface area contributed by atoms with Crippen LogP contribution >= 0.6 is 0 Å². The molecule has 2 amide bonds. The molecule has 0 aromatic rings. The Morgan fingerprint density at radius 2 is 1.00 bits per heavy atom. The molecule has 0 aliphatic rings. The van der Waals surface area contributed by atoms with E-state index in [1.54, 1.807) is 0 Å². The SMILES string of the molecule is CCCCCCCCCCCC[N+](CCCCCCCCCCCC)(C(=O)[C@H](CCCNCCCN)NCCCN)[C@@H](CC(N)=O)C(=O)O. The van der Waals surface area contributed by atoms with Gasteiger partial charge in [-0.05, 0) is 84.1 Å². The van der Waals surface area contributed by atoms with Crippen molar-refractivity contribution < 1.29 is 24.0 Å². The molecule has 0 aliphatic heterocycles. The number of hydrogen-bond acceptors (Lipinski definition) is 7. The molecule has 0 saturated heterocycles. The lowest BCUT2D eigenvalue weighted by molar-refractivity contribution is -0.872. The van der Waals surface area contributed by atoms with Crippen LogP contribution in [-0.4, -0.2) is 85.3 Å². The highest BCUT2D eigenvalue weighted by Crippen LogP contribution is 2.26. The van der Waals surface area contributed by atoms with Crippen LogP contribution in [0.5, 0.6) is 0 Å². The second kappa shape index (κ2) is 33.5. The Hall–Kier alpha value is -1.59. The summed E-state index contributed by atoms with van der Waals surface area (Å²) in [5.41, 5.74) is 17.1. The smallest absolute Gasteiger partial charge is 0.363 e. The third-order valence-corrected chi connectivity index (χ3v) is 10.0. The lowest BCUT2D eigenvalue weighted by Crippen LogP contribution is -2.68. The van der Waals surface area contributed by atoms with Crippen molar-refractivity contribution in [2.45, 2.75) is 186 Å². The minimum atomic E-state index is -1.19. The van der Waals surface area contributed by atoms with Crippen molar-refractivity contribution in [2.24, 2.45) is 17.2 Å². The number of carboxylic acid groups (broad SMARTS) is 1. The monoisotopic (exact) mass is 698 g/mol. The van der Waals surface area contributed by atoms with Gasteiger partial charge in [0.05, 0.1) is 19.5 Å². The van der Waals surface area contributed by atoms with Crippen molar-refractivity contribution in [3.05, 3.63) is 0 Å². The first-order valence-corrected chi connectivity index (χ1v) is 20.6. The highest BCUT2D eigenvalue weighted by atomic mass is 16.4. The van der Waals surface area contributed by atoms with Gasteiger partial charge in [0, 0.05) is 0 Å². The Balaban J connectivity index is 5.94. The summed E-state index contributed by atoms with van der Waals surface area (Å²) in [6, 6.07) is -1.72. The number of primary amides is 1. The van der Waals surface area contributed by atoms with E-state index in [4.69, 9.17) is 17.2 Å². The Bertz CT molecular complexity index is 775. The Kier molecular flexibility index (Phi) is 32.5. The Morgan fingerprint density at radius 1 is 0.592 bits per heavy atom. The lowest BCUT2D eigenvalue weighted by Gasteiger charge is -2.42. The van der Waals surface area contributed by atoms with Gasteiger partial charge in [0.25, 0.3) is 0 Å². The second-order valence-electron chi connectivity index (χ2n) is 14.4. The van der Waals surface area contributed by atoms with E-state index in [0.717, 1.165) is 83.7 Å². The summed E-state index contributed by atoms with van der Waals surface area (Å²) < 4.78 is -0.215. The zero-order chi connectivity index (χ0) is 36.4. The summed E-state index contributed by atoms with van der Waals surface area (Å²) in [7, 11) is 0. The van der Waals surface area contributed by atoms with E-state index < -0.39 is 24.0 Å². The molecule has 0 rings (SSSR count). The summed E-state index contributed by atoms with van der Waals surface area (Å²) in [5, 5.41) is 17.4. The molecule has 10 nitrogen and oxygen atoms in total. The van der Waals surface area contributed by atoms with Crippen LogP contribution in [-0.2, 0) is 14.4 Å². The van der Waals surface area contributed by atoms with Crippen LogP contribution in [0.15, 0.2) is 0 Å². The number of carbonyl (C=O) groups is 3. The first-order chi connectivity index (χ1) is 23.8. The summed E-state index contributed by atoms with van der Waals surface area (Å²) in [4.78, 5) is 40.2. The number of carbonyl (C=O) groups excluding carboxylic acids is 2. The summed E-state index contributed by atoms with van der Waals surface area (Å²) in [6.45, 7) is 8.60. The number of nitrogens with two attached hydrogens (primary N) is 3. The van der Waals surface area contributed by atoms with Gasteiger partial charge >= 0.3 is 11.9 Å². The number of unbranched alkanes of at least 4 members (excludes halogenated alkanes) is 18. The van der Waals surface area contributed by atoms with Crippen molar-refractivity contribution in [2.75, 3.05) is 45.8 Å². The quantitative estimate of drug-likeness (QED) is 0.0312. The molecule has 49 heavy (non-hydrogen) atoms. The summed E-state index contributed by atoms with van der Waals surface area (Å²) in [5.74, 6) is -1.90. The minimum absolute atomic E-state index is 0.112. The highest BCUT2D eigenvalue weighted by molar-refractivity contribution is 5.85. The van der Waals surface area contributed by atoms with Gasteiger partial charge in [-0.1, -0.05) is 117 Å². The van der Waals surface area contributed by atoms with Crippen molar-refractivity contribution in [3.8, 4) is 0 Å². The molecule has 2 atom stereocenters. The average Bonchev–Trinajstić information content (AvgIpc) is 3.08. The van der Waals surface area contributed by atoms with E-state index in [9.17, 15) is 19.5 Å². The van der Waals surface area contributed by atoms with Gasteiger partial charge in [0.1, 0.15) is 6.04 Å². The fraction of sp³-hybridized carbons (Fsp3) is 0.923. The maximum Gasteiger partial charge on any atom is 0.363 e. The molecule has 0 aromatic carbocycles. The molecule has 9 N–H and O–H groups in total. The van der Waals surface area contributed by atoms with E-state index in [2.05, 4.69) is 24.5 Å². The highest BCUT2D eigenvalue weighted by Gasteiger charge is 2.50. The van der Waals surface area contributed by atoms with Crippen molar-refractivity contribution in [1.29, 1.82) is 0 Å². The molecule has 0 fully saturated rings. The van der Waals surface area contributed by atoms with Crippen LogP contribution in [0.25, 0.3) is 0 Å². The van der Waals surface area contributed by atoms with Crippen LogP contribution in [0, 0.1) is 0 Å². The average molecular weight is 698 g/mol. The molecule has 10 heteroatoms. The van der Waals surface area contributed by atoms with E-state index in [0.29, 0.717) is 39.1 Å². The van der Waals surface area contributed by atoms with Crippen LogP contribution in [0.1, 0.15) is 174 Å². The normalized spacial score (nSPS) is 13.1. The van der Waals surface area contributed by atoms with Crippen LogP contribution in [0.2, 0.25) is 0 Å². The maximum atomic E-state index is 14.9. The fourth-order valence-electron chi connectivity index (χ4n) is 7.01. The number of amides is 2. The molecule has 0 heterocycles. The standard InChI is InChI=1S/C39H80N6O4/c1-3-5-7-9-11-13-15-17-19-21-32-45(36(39(48)49)34-37(42)46,33-22-20-18-16-14-12-10-8-6-4-2)38(47)35(44-31-25-28-41)26-23-29-43-30-24-27-40/h35-36,43-44H,3-34,40-41H2,1-2H3,(H2-,42,46,48,49)/p+1/t35-,36-/m0/s1. The summed E-state index contributed by atoms with van der Waals surface area (Å²) in [6.07, 6.45) is 25.7.